The summed E-state index contributed by atoms with van der Waals surface area (Å²) in [6.45, 7) is 0. The van der Waals surface area contributed by atoms with Gasteiger partial charge in [-0.05, 0) is 16.2 Å². The number of rotatable bonds is 4. The van der Waals surface area contributed by atoms with Gasteiger partial charge in [-0.25, -0.2) is 15.0 Å². The fraction of sp³-hybridized carbons (Fsp3) is 0. The van der Waals surface area contributed by atoms with Crippen molar-refractivity contribution in [3.8, 4) is 39.9 Å². The summed E-state index contributed by atoms with van der Waals surface area (Å²) in [5, 5.41) is 4.92. The Hall–Kier alpha value is -5.16. The maximum atomic E-state index is 7.25. The molecule has 0 unspecified atom stereocenters. The van der Waals surface area contributed by atoms with E-state index in [0.29, 0.717) is 17.5 Å². The number of fused-ring (bicyclic) bond motifs is 6. The molecule has 0 spiro atoms. The second kappa shape index (κ2) is 13.7. The Morgan fingerprint density at radius 1 is 0.345 bits per heavy atom. The molecule has 0 bridgehead atoms. The maximum absolute atomic E-state index is 7.25. The fourth-order valence-corrected chi connectivity index (χ4v) is 9.76. The van der Waals surface area contributed by atoms with Crippen molar-refractivity contribution in [2.45, 2.75) is 0 Å². The van der Waals surface area contributed by atoms with Gasteiger partial charge in [0.15, 0.2) is 17.5 Å². The van der Waals surface area contributed by atoms with Crippen LogP contribution in [0, 0.1) is 0 Å². The van der Waals surface area contributed by atoms with E-state index in [2.05, 4.69) is 139 Å². The van der Waals surface area contributed by atoms with Crippen molar-refractivity contribution in [2.24, 2.45) is 0 Å². The Kier molecular flexibility index (Phi) is 9.07. The van der Waals surface area contributed by atoms with Gasteiger partial charge >= 0.3 is 0 Å². The highest BCUT2D eigenvalue weighted by atomic mass is 16.3. The van der Waals surface area contributed by atoms with Crippen LogP contribution < -0.4 is 76.5 Å². The van der Waals surface area contributed by atoms with Crippen LogP contribution in [0.4, 0.5) is 0 Å². The van der Waals surface area contributed by atoms with E-state index in [1.807, 2.05) is 36.4 Å². The molecule has 0 aliphatic carbocycles. The molecule has 0 aliphatic heterocycles. The molecule has 0 N–H and O–H groups in total. The zero-order valence-electron chi connectivity index (χ0n) is 36.5. The van der Waals surface area contributed by atoms with Crippen LogP contribution in [0.5, 0.6) is 0 Å². The molecular weight excluding hydrogens is 692 g/mol. The smallest absolute Gasteiger partial charge is 0.164 e. The monoisotopic (exact) mass is 732 g/mol. The highest BCUT2D eigenvalue weighted by molar-refractivity contribution is 6.72. The molecule has 0 aliphatic rings. The Labute approximate surface area is 352 Å². The minimum atomic E-state index is 0.646. The van der Waals surface area contributed by atoms with Crippen molar-refractivity contribution in [3.63, 3.8) is 0 Å². The summed E-state index contributed by atoms with van der Waals surface area (Å²) in [7, 11) is 31.8. The van der Waals surface area contributed by atoms with Crippen molar-refractivity contribution in [1.82, 2.24) is 19.5 Å². The van der Waals surface area contributed by atoms with Crippen molar-refractivity contribution < 1.29 is 4.42 Å². The summed E-state index contributed by atoms with van der Waals surface area (Å²) >= 11 is 0. The standard InChI is InChI=1S/C39H38B14N4O/c40-18-14-15-19(41)23(45)26(48)29(51)33(15)57(32(14)28(50)25(47)22(18)44)34-27(49)20(42)16-13-17(21(43)24(46)30(52)35(13)58-36(16)31(34)53)39-55-37(11-7-3-1-4-8-11)54-38(56-39)12-9-5-2-6-10-12/h1-10H,40-53H2. The zero-order chi connectivity index (χ0) is 41.2. The molecule has 6 aromatic carbocycles. The molecule has 19 heteroatoms. The molecule has 9 rings (SSSR count). The summed E-state index contributed by atoms with van der Waals surface area (Å²) in [6, 6.07) is 20.4. The number of aromatic nitrogens is 4. The Bertz CT molecular complexity index is 3140. The van der Waals surface area contributed by atoms with Gasteiger partial charge in [0.2, 0.25) is 0 Å². The van der Waals surface area contributed by atoms with Crippen LogP contribution >= 0.6 is 0 Å². The summed E-state index contributed by atoms with van der Waals surface area (Å²) in [4.78, 5) is 15.6. The second-order valence-corrected chi connectivity index (χ2v) is 16.8. The predicted octanol–water partition coefficient (Wildman–Crippen LogP) is -14.5. The third-order valence-corrected chi connectivity index (χ3v) is 14.1. The third-order valence-electron chi connectivity index (χ3n) is 14.1. The number of furan rings is 1. The third kappa shape index (κ3) is 5.27. The van der Waals surface area contributed by atoms with Gasteiger partial charge in [-0.2, -0.15) is 0 Å². The van der Waals surface area contributed by atoms with E-state index < -0.39 is 0 Å². The number of hydrogen-bond acceptors (Lipinski definition) is 4. The molecule has 262 valence electrons. The molecule has 3 aromatic heterocycles. The first-order valence-corrected chi connectivity index (χ1v) is 20.5. The van der Waals surface area contributed by atoms with Crippen LogP contribution in [0.15, 0.2) is 65.1 Å². The van der Waals surface area contributed by atoms with E-state index >= 15 is 0 Å². The molecular formula is C39H38B14N4O. The van der Waals surface area contributed by atoms with E-state index in [0.717, 1.165) is 55.0 Å². The number of nitrogens with zero attached hydrogens (tertiary/aromatic N) is 4. The van der Waals surface area contributed by atoms with E-state index in [1.165, 1.54) is 87.6 Å². The van der Waals surface area contributed by atoms with Crippen LogP contribution in [0.2, 0.25) is 0 Å². The summed E-state index contributed by atoms with van der Waals surface area (Å²) < 4.78 is 9.85. The first-order chi connectivity index (χ1) is 27.6. The molecule has 0 saturated heterocycles. The van der Waals surface area contributed by atoms with Crippen molar-refractivity contribution in [1.29, 1.82) is 0 Å². The average Bonchev–Trinajstić information content (AvgIpc) is 3.81. The first kappa shape index (κ1) is 38.4. The van der Waals surface area contributed by atoms with Crippen LogP contribution in [-0.4, -0.2) is 129 Å². The van der Waals surface area contributed by atoms with Crippen LogP contribution in [0.25, 0.3) is 83.6 Å². The fourth-order valence-electron chi connectivity index (χ4n) is 9.76. The van der Waals surface area contributed by atoms with E-state index in [-0.39, 0.29) is 0 Å². The molecule has 0 atom stereocenters. The highest BCUT2D eigenvalue weighted by Gasteiger charge is 2.29. The topological polar surface area (TPSA) is 56.7 Å². The summed E-state index contributed by atoms with van der Waals surface area (Å²) in [5.41, 5.74) is 26.3. The maximum Gasteiger partial charge on any atom is 0.164 e. The van der Waals surface area contributed by atoms with Gasteiger partial charge in [0.1, 0.15) is 121 Å². The predicted molar refractivity (Wildman–Crippen MR) is 292 cm³/mol. The van der Waals surface area contributed by atoms with Gasteiger partial charge in [0, 0.05) is 44.2 Å². The zero-order valence-corrected chi connectivity index (χ0v) is 36.5. The number of benzene rings is 6. The minimum Gasteiger partial charge on any atom is -0.457 e. The Morgan fingerprint density at radius 3 is 1.22 bits per heavy atom. The molecule has 0 amide bonds. The van der Waals surface area contributed by atoms with Crippen molar-refractivity contribution >= 4 is 230 Å². The molecule has 3 heterocycles. The lowest BCUT2D eigenvalue weighted by atomic mass is 9.63. The summed E-state index contributed by atoms with van der Waals surface area (Å²) in [5.74, 6) is 1.94. The van der Waals surface area contributed by atoms with Crippen LogP contribution in [0.3, 0.4) is 0 Å². The normalized spacial score (nSPS) is 11.7. The van der Waals surface area contributed by atoms with Gasteiger partial charge in [0.25, 0.3) is 0 Å². The number of hydrogen-bond donors (Lipinski definition) is 0. The van der Waals surface area contributed by atoms with E-state index in [4.69, 9.17) is 19.4 Å². The molecule has 9 aromatic rings. The molecule has 58 heavy (non-hydrogen) atoms. The van der Waals surface area contributed by atoms with Gasteiger partial charge < -0.3 is 8.98 Å². The Morgan fingerprint density at radius 2 is 0.741 bits per heavy atom. The lowest BCUT2D eigenvalue weighted by molar-refractivity contribution is 0.674. The van der Waals surface area contributed by atoms with Gasteiger partial charge in [-0.15, -0.1) is 10.9 Å². The highest BCUT2D eigenvalue weighted by Crippen LogP contribution is 2.34. The molecule has 5 nitrogen and oxygen atoms in total. The van der Waals surface area contributed by atoms with Gasteiger partial charge in [-0.3, -0.25) is 0 Å². The van der Waals surface area contributed by atoms with Crippen molar-refractivity contribution in [3.05, 3.63) is 60.7 Å². The first-order valence-electron chi connectivity index (χ1n) is 20.5. The van der Waals surface area contributed by atoms with Gasteiger partial charge in [0.05, 0.1) is 0 Å². The molecule has 0 fully saturated rings. The molecule has 0 saturated carbocycles. The SMILES string of the molecule is Bc1c(B)c(-c2nc(-c3ccccc3)nc(-c3ccccc3)n2)c2c(oc3c(B)c(-n4c5c(B)c(B)c(B)c(B)c5c5c(B)c(B)c(B)c(B)c54)c(B)c(B)c32)c1B. The lowest BCUT2D eigenvalue weighted by Crippen LogP contribution is -2.49. The summed E-state index contributed by atoms with van der Waals surface area (Å²) in [6.07, 6.45) is 0. The minimum absolute atomic E-state index is 0.646. The quantitative estimate of drug-likeness (QED) is 0.169. The van der Waals surface area contributed by atoms with Gasteiger partial charge in [-0.1, -0.05) is 121 Å². The molecule has 0 radical (unpaired) electrons. The van der Waals surface area contributed by atoms with E-state index in [1.54, 1.807) is 0 Å². The average molecular weight is 730 g/mol. The Balaban J connectivity index is 1.45. The second-order valence-electron chi connectivity index (χ2n) is 16.8. The lowest BCUT2D eigenvalue weighted by Gasteiger charge is -2.22. The largest absolute Gasteiger partial charge is 0.457 e. The van der Waals surface area contributed by atoms with Crippen LogP contribution in [0.1, 0.15) is 0 Å². The van der Waals surface area contributed by atoms with E-state index in [9.17, 15) is 0 Å². The van der Waals surface area contributed by atoms with Crippen molar-refractivity contribution in [2.75, 3.05) is 0 Å². The van der Waals surface area contributed by atoms with Crippen LogP contribution in [-0.2, 0) is 0 Å².